The lowest BCUT2D eigenvalue weighted by Gasteiger charge is -2.05. The van der Waals surface area contributed by atoms with E-state index in [1.807, 2.05) is 59.3 Å². The van der Waals surface area contributed by atoms with Crippen LogP contribution >= 0.6 is 0 Å². The molecule has 0 radical (unpaired) electrons. The molecular weight excluding hydrogens is 264 g/mol. The van der Waals surface area contributed by atoms with Gasteiger partial charge in [0, 0.05) is 18.8 Å². The van der Waals surface area contributed by atoms with Gasteiger partial charge in [-0.2, -0.15) is 0 Å². The summed E-state index contributed by atoms with van der Waals surface area (Å²) in [6, 6.07) is 13.5. The van der Waals surface area contributed by atoms with E-state index in [1.54, 1.807) is 6.92 Å². The van der Waals surface area contributed by atoms with E-state index < -0.39 is 0 Å². The van der Waals surface area contributed by atoms with Gasteiger partial charge in [-0.15, -0.1) is 0 Å². The second-order valence-corrected chi connectivity index (χ2v) is 5.01. The predicted molar refractivity (Wildman–Crippen MR) is 80.4 cm³/mol. The molecule has 2 heterocycles. The second kappa shape index (κ2) is 5.79. The first kappa shape index (κ1) is 13.4. The minimum absolute atomic E-state index is 0.161. The van der Waals surface area contributed by atoms with Gasteiger partial charge in [-0.25, -0.2) is 4.98 Å². The molecule has 4 heteroatoms. The quantitative estimate of drug-likeness (QED) is 0.721. The smallest absolute Gasteiger partial charge is 0.137 e. The number of Topliss-reactive ketones (excluding diaryl/α,β-unsaturated/α-hetero) is 1. The lowest BCUT2D eigenvalue weighted by atomic mass is 10.1. The fourth-order valence-electron chi connectivity index (χ4n) is 2.20. The first-order valence-electron chi connectivity index (χ1n) is 6.84. The molecule has 0 N–H and O–H groups in total. The molecule has 0 aliphatic rings. The number of benzene rings is 1. The van der Waals surface area contributed by atoms with Crippen molar-refractivity contribution in [3.05, 3.63) is 66.1 Å². The number of imidazole rings is 1. The molecule has 0 saturated carbocycles. The average Bonchev–Trinajstić information content (AvgIpc) is 2.89. The maximum absolute atomic E-state index is 11.1. The lowest BCUT2D eigenvalue weighted by molar-refractivity contribution is -0.116. The van der Waals surface area contributed by atoms with Gasteiger partial charge in [0.05, 0.1) is 5.69 Å². The third-order valence-corrected chi connectivity index (χ3v) is 3.18. The molecule has 0 bridgehead atoms. The zero-order valence-corrected chi connectivity index (χ0v) is 11.8. The van der Waals surface area contributed by atoms with Gasteiger partial charge in [0.1, 0.15) is 23.8 Å². The highest BCUT2D eigenvalue weighted by Crippen LogP contribution is 2.15. The zero-order valence-electron chi connectivity index (χ0n) is 11.8. The van der Waals surface area contributed by atoms with Crippen LogP contribution in [0.25, 0.3) is 5.65 Å². The topological polar surface area (TPSA) is 43.6 Å². The second-order valence-electron chi connectivity index (χ2n) is 5.01. The highest BCUT2D eigenvalue weighted by atomic mass is 16.5. The summed E-state index contributed by atoms with van der Waals surface area (Å²) in [5.41, 5.74) is 2.80. The summed E-state index contributed by atoms with van der Waals surface area (Å²) in [4.78, 5) is 15.5. The van der Waals surface area contributed by atoms with Gasteiger partial charge in [-0.05, 0) is 36.8 Å². The number of carbonyl (C=O) groups excluding carboxylic acids is 1. The van der Waals surface area contributed by atoms with Crippen molar-refractivity contribution in [3.8, 4) is 5.75 Å². The fraction of sp³-hybridized carbons (Fsp3) is 0.176. The standard InChI is InChI=1S/C17H16N2O2/c1-13(20)10-14-5-7-16(8-6-14)21-12-15-11-19-9-3-2-4-17(19)18-15/h2-9,11H,10,12H2,1H3. The minimum Gasteiger partial charge on any atom is -0.487 e. The van der Waals surface area contributed by atoms with Gasteiger partial charge in [0.25, 0.3) is 0 Å². The Morgan fingerprint density at radius 3 is 2.71 bits per heavy atom. The Morgan fingerprint density at radius 1 is 1.19 bits per heavy atom. The van der Waals surface area contributed by atoms with Gasteiger partial charge in [0.15, 0.2) is 0 Å². The Hall–Kier alpha value is -2.62. The number of ketones is 1. The first-order valence-corrected chi connectivity index (χ1v) is 6.84. The Labute approximate surface area is 123 Å². The molecule has 3 aromatic rings. The molecule has 1 aromatic carbocycles. The van der Waals surface area contributed by atoms with Crippen LogP contribution in [0.15, 0.2) is 54.9 Å². The fourth-order valence-corrected chi connectivity index (χ4v) is 2.20. The van der Waals surface area contributed by atoms with Crippen molar-refractivity contribution in [1.29, 1.82) is 0 Å². The third-order valence-electron chi connectivity index (χ3n) is 3.18. The predicted octanol–water partition coefficient (Wildman–Crippen LogP) is 3.04. The molecule has 0 aliphatic carbocycles. The summed E-state index contributed by atoms with van der Waals surface area (Å²) in [5, 5.41) is 0. The van der Waals surface area contributed by atoms with E-state index in [9.17, 15) is 4.79 Å². The summed E-state index contributed by atoms with van der Waals surface area (Å²) in [7, 11) is 0. The minimum atomic E-state index is 0.161. The number of rotatable bonds is 5. The van der Waals surface area contributed by atoms with Crippen molar-refractivity contribution >= 4 is 11.4 Å². The molecule has 0 fully saturated rings. The number of pyridine rings is 1. The van der Waals surface area contributed by atoms with Crippen LogP contribution in [-0.4, -0.2) is 15.2 Å². The molecule has 106 valence electrons. The van der Waals surface area contributed by atoms with Crippen LogP contribution in [0.2, 0.25) is 0 Å². The zero-order chi connectivity index (χ0) is 14.7. The Balaban J connectivity index is 1.65. The molecule has 3 rings (SSSR count). The Bertz CT molecular complexity index is 727. The van der Waals surface area contributed by atoms with Crippen molar-refractivity contribution in [2.75, 3.05) is 0 Å². The normalized spacial score (nSPS) is 10.7. The number of aromatic nitrogens is 2. The van der Waals surface area contributed by atoms with Crippen molar-refractivity contribution in [2.45, 2.75) is 20.0 Å². The lowest BCUT2D eigenvalue weighted by Crippen LogP contribution is -1.98. The van der Waals surface area contributed by atoms with Crippen LogP contribution in [0, 0.1) is 0 Å². The van der Waals surface area contributed by atoms with Gasteiger partial charge in [-0.3, -0.25) is 4.79 Å². The Morgan fingerprint density at radius 2 is 2.00 bits per heavy atom. The van der Waals surface area contributed by atoms with Crippen LogP contribution < -0.4 is 4.74 Å². The van der Waals surface area contributed by atoms with Crippen LogP contribution in [0.5, 0.6) is 5.75 Å². The summed E-state index contributed by atoms with van der Waals surface area (Å²) in [6.07, 6.45) is 4.38. The summed E-state index contributed by atoms with van der Waals surface area (Å²) in [5.74, 6) is 0.938. The molecule has 0 amide bonds. The SMILES string of the molecule is CC(=O)Cc1ccc(OCc2cn3ccccc3n2)cc1. The van der Waals surface area contributed by atoms with Crippen molar-refractivity contribution in [2.24, 2.45) is 0 Å². The van der Waals surface area contributed by atoms with Crippen molar-refractivity contribution in [1.82, 2.24) is 9.38 Å². The molecular formula is C17H16N2O2. The molecule has 0 saturated heterocycles. The van der Waals surface area contributed by atoms with Crippen molar-refractivity contribution < 1.29 is 9.53 Å². The van der Waals surface area contributed by atoms with Gasteiger partial charge >= 0.3 is 0 Å². The molecule has 0 spiro atoms. The van der Waals surface area contributed by atoms with E-state index in [-0.39, 0.29) is 5.78 Å². The number of carbonyl (C=O) groups is 1. The first-order chi connectivity index (χ1) is 10.2. The molecule has 21 heavy (non-hydrogen) atoms. The number of nitrogens with zero attached hydrogens (tertiary/aromatic N) is 2. The van der Waals surface area contributed by atoms with E-state index in [2.05, 4.69) is 4.98 Å². The maximum atomic E-state index is 11.1. The molecule has 2 aromatic heterocycles. The van der Waals surface area contributed by atoms with Gasteiger partial charge < -0.3 is 9.14 Å². The van der Waals surface area contributed by atoms with Gasteiger partial charge in [0.2, 0.25) is 0 Å². The van der Waals surface area contributed by atoms with E-state index in [0.29, 0.717) is 13.0 Å². The highest BCUT2D eigenvalue weighted by molar-refractivity contribution is 5.78. The van der Waals surface area contributed by atoms with Crippen molar-refractivity contribution in [3.63, 3.8) is 0 Å². The summed E-state index contributed by atoms with van der Waals surface area (Å²) < 4.78 is 7.69. The van der Waals surface area contributed by atoms with Crippen LogP contribution in [0.4, 0.5) is 0 Å². The van der Waals surface area contributed by atoms with E-state index in [1.165, 1.54) is 0 Å². The molecule has 0 aliphatic heterocycles. The number of hydrogen-bond donors (Lipinski definition) is 0. The van der Waals surface area contributed by atoms with E-state index in [0.717, 1.165) is 22.7 Å². The maximum Gasteiger partial charge on any atom is 0.137 e. The number of ether oxygens (including phenoxy) is 1. The average molecular weight is 280 g/mol. The summed E-state index contributed by atoms with van der Waals surface area (Å²) >= 11 is 0. The number of hydrogen-bond acceptors (Lipinski definition) is 3. The largest absolute Gasteiger partial charge is 0.487 e. The highest BCUT2D eigenvalue weighted by Gasteiger charge is 2.03. The Kier molecular flexibility index (Phi) is 3.69. The third kappa shape index (κ3) is 3.28. The number of fused-ring (bicyclic) bond motifs is 1. The molecule has 0 unspecified atom stereocenters. The van der Waals surface area contributed by atoms with E-state index >= 15 is 0 Å². The van der Waals surface area contributed by atoms with Crippen LogP contribution in [-0.2, 0) is 17.8 Å². The molecule has 0 atom stereocenters. The molecule has 4 nitrogen and oxygen atoms in total. The summed E-state index contributed by atoms with van der Waals surface area (Å²) in [6.45, 7) is 2.02. The van der Waals surface area contributed by atoms with E-state index in [4.69, 9.17) is 4.74 Å². The van der Waals surface area contributed by atoms with Crippen LogP contribution in [0.3, 0.4) is 0 Å². The van der Waals surface area contributed by atoms with Gasteiger partial charge in [-0.1, -0.05) is 18.2 Å². The monoisotopic (exact) mass is 280 g/mol. The van der Waals surface area contributed by atoms with Crippen LogP contribution in [0.1, 0.15) is 18.2 Å².